The van der Waals surface area contributed by atoms with Gasteiger partial charge in [-0.2, -0.15) is 0 Å². The molecule has 1 atom stereocenters. The van der Waals surface area contributed by atoms with Crippen LogP contribution < -0.4 is 0 Å². The summed E-state index contributed by atoms with van der Waals surface area (Å²) in [5.41, 5.74) is 2.88. The van der Waals surface area contributed by atoms with E-state index in [2.05, 4.69) is 39.8 Å². The summed E-state index contributed by atoms with van der Waals surface area (Å²) in [4.78, 5) is 10.6. The molecular formula is C23H42O2. The normalized spacial score (nSPS) is 13.9. The largest absolute Gasteiger partial charge is 0.481 e. The highest BCUT2D eigenvalue weighted by Crippen LogP contribution is 2.17. The molecule has 0 rings (SSSR count). The molecule has 0 heterocycles. The molecule has 0 bridgehead atoms. The second kappa shape index (κ2) is 16.4. The molecule has 0 aliphatic rings. The monoisotopic (exact) mass is 350 g/mol. The Hall–Kier alpha value is -1.05. The van der Waals surface area contributed by atoms with Crippen molar-refractivity contribution in [2.75, 3.05) is 0 Å². The molecule has 0 unspecified atom stereocenters. The molecule has 0 aromatic rings. The van der Waals surface area contributed by atoms with Crippen LogP contribution in [0, 0.1) is 5.92 Å². The number of unbranched alkanes of at least 4 members (excludes halogenated alkanes) is 8. The highest BCUT2D eigenvalue weighted by molar-refractivity contribution is 5.66. The lowest BCUT2D eigenvalue weighted by molar-refractivity contribution is -0.137. The van der Waals surface area contributed by atoms with Crippen LogP contribution in [0.1, 0.15) is 111 Å². The number of allylic oxidation sites excluding steroid dienone is 4. The smallest absolute Gasteiger partial charge is 0.303 e. The number of carbonyl (C=O) groups is 1. The quantitative estimate of drug-likeness (QED) is 0.229. The zero-order chi connectivity index (χ0) is 18.9. The van der Waals surface area contributed by atoms with Gasteiger partial charge in [0.1, 0.15) is 0 Å². The van der Waals surface area contributed by atoms with Crippen LogP contribution in [-0.4, -0.2) is 11.1 Å². The van der Waals surface area contributed by atoms with E-state index in [0.29, 0.717) is 5.92 Å². The van der Waals surface area contributed by atoms with Gasteiger partial charge in [-0.25, -0.2) is 0 Å². The summed E-state index contributed by atoms with van der Waals surface area (Å²) >= 11 is 0. The predicted molar refractivity (Wildman–Crippen MR) is 110 cm³/mol. The van der Waals surface area contributed by atoms with Crippen molar-refractivity contribution in [3.05, 3.63) is 23.3 Å². The van der Waals surface area contributed by atoms with Crippen molar-refractivity contribution >= 4 is 5.97 Å². The lowest BCUT2D eigenvalue weighted by atomic mass is 9.98. The molecular weight excluding hydrogens is 308 g/mol. The zero-order valence-electron chi connectivity index (χ0n) is 17.3. The topological polar surface area (TPSA) is 37.3 Å². The summed E-state index contributed by atoms with van der Waals surface area (Å²) in [7, 11) is 0. The Bertz CT molecular complexity index is 393. The van der Waals surface area contributed by atoms with Crippen molar-refractivity contribution in [1.29, 1.82) is 0 Å². The Morgan fingerprint density at radius 1 is 0.920 bits per heavy atom. The van der Waals surface area contributed by atoms with Gasteiger partial charge in [-0.05, 0) is 51.9 Å². The van der Waals surface area contributed by atoms with Crippen molar-refractivity contribution in [3.63, 3.8) is 0 Å². The van der Waals surface area contributed by atoms with Crippen LogP contribution in [0.2, 0.25) is 0 Å². The van der Waals surface area contributed by atoms with E-state index in [-0.39, 0.29) is 6.42 Å². The number of hydrogen-bond donors (Lipinski definition) is 1. The summed E-state index contributed by atoms with van der Waals surface area (Å²) in [6, 6.07) is 0. The maximum absolute atomic E-state index is 10.6. The molecule has 0 amide bonds. The van der Waals surface area contributed by atoms with Crippen LogP contribution >= 0.6 is 0 Å². The highest BCUT2D eigenvalue weighted by Gasteiger charge is 2.03. The van der Waals surface area contributed by atoms with E-state index in [4.69, 9.17) is 5.11 Å². The molecule has 2 heteroatoms. The Kier molecular flexibility index (Phi) is 15.7. The third-order valence-electron chi connectivity index (χ3n) is 4.73. The minimum absolute atomic E-state index is 0.286. The van der Waals surface area contributed by atoms with Gasteiger partial charge >= 0.3 is 5.97 Å². The molecule has 0 fully saturated rings. The van der Waals surface area contributed by atoms with Gasteiger partial charge in [-0.3, -0.25) is 4.79 Å². The molecule has 0 radical (unpaired) electrons. The molecule has 0 aromatic heterocycles. The molecule has 0 saturated carbocycles. The molecule has 25 heavy (non-hydrogen) atoms. The van der Waals surface area contributed by atoms with Gasteiger partial charge in [0.25, 0.3) is 0 Å². The van der Waals surface area contributed by atoms with Gasteiger partial charge in [-0.15, -0.1) is 0 Å². The Balaban J connectivity index is 3.79. The summed E-state index contributed by atoms with van der Waals surface area (Å²) in [5, 5.41) is 8.69. The first-order valence-electron chi connectivity index (χ1n) is 10.5. The molecule has 0 aliphatic heterocycles. The molecule has 0 aromatic carbocycles. The fraction of sp³-hybridized carbons (Fsp3) is 0.783. The molecule has 0 saturated heterocycles. The Labute approximate surface area is 156 Å². The Morgan fingerprint density at radius 2 is 1.52 bits per heavy atom. The number of hydrogen-bond acceptors (Lipinski definition) is 1. The third kappa shape index (κ3) is 17.6. The molecule has 146 valence electrons. The maximum atomic E-state index is 10.6. The van der Waals surface area contributed by atoms with Crippen molar-refractivity contribution in [2.24, 2.45) is 5.92 Å². The summed E-state index contributed by atoms with van der Waals surface area (Å²) in [6.45, 7) is 8.88. The van der Waals surface area contributed by atoms with Gasteiger partial charge in [0.15, 0.2) is 0 Å². The van der Waals surface area contributed by atoms with Gasteiger partial charge in [-0.1, -0.05) is 82.1 Å². The standard InChI is InChI=1S/C23H42O2/c1-5-6-7-8-9-10-11-12-13-15-20(2)18-22(4)19-21(3)16-14-17-23(24)25/h15,19,21H,5-14,16-18H2,1-4H3,(H,24,25)/b20-15-,22-19+/t21-/m0/s1. The van der Waals surface area contributed by atoms with Crippen LogP contribution in [0.5, 0.6) is 0 Å². The third-order valence-corrected chi connectivity index (χ3v) is 4.73. The van der Waals surface area contributed by atoms with Crippen LogP contribution in [0.15, 0.2) is 23.3 Å². The van der Waals surface area contributed by atoms with Gasteiger partial charge in [0.05, 0.1) is 0 Å². The first-order chi connectivity index (χ1) is 12.0. The first kappa shape index (κ1) is 23.9. The van der Waals surface area contributed by atoms with E-state index in [1.807, 2.05) is 0 Å². The molecule has 0 spiro atoms. The minimum atomic E-state index is -0.687. The summed E-state index contributed by atoms with van der Waals surface area (Å²) in [5.74, 6) is -0.215. The minimum Gasteiger partial charge on any atom is -0.481 e. The van der Waals surface area contributed by atoms with E-state index >= 15 is 0 Å². The molecule has 1 N–H and O–H groups in total. The fourth-order valence-corrected chi connectivity index (χ4v) is 3.34. The number of aliphatic carboxylic acids is 1. The lowest BCUT2D eigenvalue weighted by Crippen LogP contribution is -1.97. The number of carboxylic acids is 1. The van der Waals surface area contributed by atoms with E-state index in [9.17, 15) is 4.79 Å². The summed E-state index contributed by atoms with van der Waals surface area (Å²) < 4.78 is 0. The van der Waals surface area contributed by atoms with Gasteiger partial charge in [0, 0.05) is 6.42 Å². The number of carboxylic acid groups (broad SMARTS) is 1. The van der Waals surface area contributed by atoms with E-state index in [1.165, 1.54) is 68.9 Å². The summed E-state index contributed by atoms with van der Waals surface area (Å²) in [6.07, 6.45) is 20.0. The van der Waals surface area contributed by atoms with E-state index < -0.39 is 5.97 Å². The lowest BCUT2D eigenvalue weighted by Gasteiger charge is -2.08. The second-order valence-electron chi connectivity index (χ2n) is 7.77. The Morgan fingerprint density at radius 3 is 2.12 bits per heavy atom. The van der Waals surface area contributed by atoms with Gasteiger partial charge < -0.3 is 5.11 Å². The van der Waals surface area contributed by atoms with Crippen molar-refractivity contribution in [1.82, 2.24) is 0 Å². The first-order valence-corrected chi connectivity index (χ1v) is 10.5. The average molecular weight is 351 g/mol. The fourth-order valence-electron chi connectivity index (χ4n) is 3.34. The zero-order valence-corrected chi connectivity index (χ0v) is 17.3. The van der Waals surface area contributed by atoms with E-state index in [0.717, 1.165) is 19.3 Å². The van der Waals surface area contributed by atoms with Crippen LogP contribution in [-0.2, 0) is 4.79 Å². The van der Waals surface area contributed by atoms with Gasteiger partial charge in [0.2, 0.25) is 0 Å². The van der Waals surface area contributed by atoms with Crippen molar-refractivity contribution in [2.45, 2.75) is 111 Å². The van der Waals surface area contributed by atoms with E-state index in [1.54, 1.807) is 0 Å². The molecule has 0 aliphatic carbocycles. The average Bonchev–Trinajstić information content (AvgIpc) is 2.52. The molecule has 2 nitrogen and oxygen atoms in total. The van der Waals surface area contributed by atoms with Crippen LogP contribution in [0.3, 0.4) is 0 Å². The van der Waals surface area contributed by atoms with Crippen molar-refractivity contribution in [3.8, 4) is 0 Å². The van der Waals surface area contributed by atoms with Crippen LogP contribution in [0.25, 0.3) is 0 Å². The maximum Gasteiger partial charge on any atom is 0.303 e. The second-order valence-corrected chi connectivity index (χ2v) is 7.77. The van der Waals surface area contributed by atoms with Crippen LogP contribution in [0.4, 0.5) is 0 Å². The highest BCUT2D eigenvalue weighted by atomic mass is 16.4. The van der Waals surface area contributed by atoms with Crippen molar-refractivity contribution < 1.29 is 9.90 Å². The number of rotatable bonds is 16. The SMILES string of the molecule is CCCCCCCCCC/C=C(/C)C/C(C)=C/[C@@H](C)CCCC(=O)O. The predicted octanol–water partition coefficient (Wildman–Crippen LogP) is 7.69.